The molecular formula is C37H39Cl2N5O2S. The van der Waals surface area contributed by atoms with Crippen molar-refractivity contribution in [2.24, 2.45) is 5.16 Å². The first kappa shape index (κ1) is 35.8. The molecule has 6 rings (SSSR count). The van der Waals surface area contributed by atoms with Crippen molar-refractivity contribution in [2.75, 3.05) is 25.0 Å². The van der Waals surface area contributed by atoms with E-state index in [1.165, 1.54) is 5.56 Å². The number of pyridine rings is 1. The van der Waals surface area contributed by atoms with Gasteiger partial charge in [0.05, 0.1) is 5.56 Å². The lowest BCUT2D eigenvalue weighted by atomic mass is 10.0. The van der Waals surface area contributed by atoms with Crippen molar-refractivity contribution in [2.45, 2.75) is 31.0 Å². The van der Waals surface area contributed by atoms with Gasteiger partial charge in [-0.25, -0.2) is 0 Å². The number of nitrogens with one attached hydrogen (secondary N) is 1. The number of oxime groups is 1. The number of benzene rings is 3. The van der Waals surface area contributed by atoms with E-state index in [1.54, 1.807) is 18.0 Å². The Hall–Kier alpha value is -4.08. The van der Waals surface area contributed by atoms with Crippen LogP contribution in [-0.4, -0.2) is 45.8 Å². The van der Waals surface area contributed by atoms with Crippen LogP contribution < -0.4 is 5.32 Å². The summed E-state index contributed by atoms with van der Waals surface area (Å²) in [5.41, 5.74) is 7.39. The number of fused-ring (bicyclic) bond motifs is 1. The van der Waals surface area contributed by atoms with E-state index < -0.39 is 0 Å². The van der Waals surface area contributed by atoms with Crippen LogP contribution in [0.25, 0.3) is 0 Å². The van der Waals surface area contributed by atoms with Gasteiger partial charge >= 0.3 is 0 Å². The van der Waals surface area contributed by atoms with Crippen LogP contribution in [0, 0.1) is 0 Å². The summed E-state index contributed by atoms with van der Waals surface area (Å²) in [6.45, 7) is 5.51. The SMILES string of the molecule is CCN(CCCON=C(c1ccccc1)c1cccc(NC(=O)c2ccn3c2CSC3c2cccnc2)c1)Cc1ccccc1.Cl.Cl. The number of aromatic nitrogens is 2. The molecule has 1 atom stereocenters. The van der Waals surface area contributed by atoms with Crippen molar-refractivity contribution >= 4 is 53.9 Å². The second-order valence-electron chi connectivity index (χ2n) is 10.9. The van der Waals surface area contributed by atoms with E-state index in [1.807, 2.05) is 85.2 Å². The molecule has 1 aliphatic heterocycles. The van der Waals surface area contributed by atoms with Crippen molar-refractivity contribution in [3.63, 3.8) is 0 Å². The van der Waals surface area contributed by atoms with Crippen LogP contribution in [-0.2, 0) is 17.1 Å². The molecular weight excluding hydrogens is 649 g/mol. The second kappa shape index (κ2) is 17.7. The third-order valence-electron chi connectivity index (χ3n) is 7.87. The Morgan fingerprint density at radius 2 is 1.74 bits per heavy atom. The predicted octanol–water partition coefficient (Wildman–Crippen LogP) is 8.45. The maximum absolute atomic E-state index is 13.5. The molecule has 244 valence electrons. The first-order valence-corrected chi connectivity index (χ1v) is 16.4. The number of halogens is 2. The number of rotatable bonds is 13. The fourth-order valence-electron chi connectivity index (χ4n) is 5.54. The minimum atomic E-state index is -0.126. The van der Waals surface area contributed by atoms with Gasteiger partial charge in [0.15, 0.2) is 0 Å². The fourth-order valence-corrected chi connectivity index (χ4v) is 6.85. The lowest BCUT2D eigenvalue weighted by Gasteiger charge is -2.20. The molecule has 1 unspecified atom stereocenters. The Kier molecular flexibility index (Phi) is 13.5. The standard InChI is InChI=1S/C37H37N5O2S.2ClH/c1-2-41(26-28-12-5-3-6-13-28)21-11-23-44-40-35(29-14-7-4-8-15-29)30-16-9-18-32(24-30)39-36(43)33-19-22-42-34(33)27-45-37(42)31-17-10-20-38-25-31;;/h3-10,12-20,22,24-25,37H,2,11,21,23,26-27H2,1H3,(H,39,43);2*1H. The molecule has 3 heterocycles. The molecule has 0 saturated carbocycles. The highest BCUT2D eigenvalue weighted by Crippen LogP contribution is 2.42. The zero-order chi connectivity index (χ0) is 30.8. The summed E-state index contributed by atoms with van der Waals surface area (Å²) in [7, 11) is 0. The highest BCUT2D eigenvalue weighted by atomic mass is 35.5. The normalized spacial score (nSPS) is 13.7. The fraction of sp³-hybridized carbons (Fsp3) is 0.216. The van der Waals surface area contributed by atoms with Gasteiger partial charge in [0.2, 0.25) is 0 Å². The Labute approximate surface area is 293 Å². The lowest BCUT2D eigenvalue weighted by molar-refractivity contribution is 0.102. The Bertz CT molecular complexity index is 1740. The maximum Gasteiger partial charge on any atom is 0.257 e. The number of thioether (sulfide) groups is 1. The molecule has 0 aliphatic carbocycles. The van der Waals surface area contributed by atoms with Gasteiger partial charge in [-0.1, -0.05) is 90.9 Å². The smallest absolute Gasteiger partial charge is 0.257 e. The van der Waals surface area contributed by atoms with E-state index >= 15 is 0 Å². The average molecular weight is 689 g/mol. The molecule has 1 N–H and O–H groups in total. The Morgan fingerprint density at radius 3 is 2.49 bits per heavy atom. The molecule has 0 saturated heterocycles. The third-order valence-corrected chi connectivity index (χ3v) is 9.13. The van der Waals surface area contributed by atoms with Gasteiger partial charge in [-0.15, -0.1) is 36.6 Å². The van der Waals surface area contributed by atoms with Crippen LogP contribution in [0.15, 0.2) is 127 Å². The van der Waals surface area contributed by atoms with Crippen LogP contribution in [0.2, 0.25) is 0 Å². The maximum atomic E-state index is 13.5. The van der Waals surface area contributed by atoms with E-state index in [2.05, 4.69) is 62.2 Å². The molecule has 10 heteroatoms. The molecule has 1 aliphatic rings. The quantitative estimate of drug-likeness (QED) is 0.0764. The van der Waals surface area contributed by atoms with Crippen LogP contribution in [0.3, 0.4) is 0 Å². The summed E-state index contributed by atoms with van der Waals surface area (Å²) in [5, 5.41) is 7.84. The molecule has 5 aromatic rings. The van der Waals surface area contributed by atoms with Gasteiger partial charge in [-0.2, -0.15) is 0 Å². The van der Waals surface area contributed by atoms with Gasteiger partial charge < -0.3 is 14.7 Å². The molecule has 0 spiro atoms. The largest absolute Gasteiger partial charge is 0.395 e. The molecule has 2 aromatic heterocycles. The van der Waals surface area contributed by atoms with E-state index in [9.17, 15) is 4.79 Å². The van der Waals surface area contributed by atoms with E-state index in [4.69, 9.17) is 4.84 Å². The van der Waals surface area contributed by atoms with Gasteiger partial charge in [0.1, 0.15) is 17.7 Å². The molecule has 0 radical (unpaired) electrons. The number of carbonyl (C=O) groups is 1. The highest BCUT2D eigenvalue weighted by molar-refractivity contribution is 7.99. The van der Waals surface area contributed by atoms with Crippen LogP contribution >= 0.6 is 36.6 Å². The van der Waals surface area contributed by atoms with Gasteiger partial charge in [0.25, 0.3) is 5.91 Å². The second-order valence-corrected chi connectivity index (χ2v) is 12.0. The summed E-state index contributed by atoms with van der Waals surface area (Å²) in [6.07, 6.45) is 6.53. The van der Waals surface area contributed by atoms with Crippen molar-refractivity contribution < 1.29 is 9.63 Å². The number of nitrogens with zero attached hydrogens (tertiary/aromatic N) is 4. The van der Waals surface area contributed by atoms with Crippen molar-refractivity contribution in [1.82, 2.24) is 14.5 Å². The monoisotopic (exact) mass is 687 g/mol. The number of carbonyl (C=O) groups excluding carboxylic acids is 1. The van der Waals surface area contributed by atoms with E-state index in [0.29, 0.717) is 17.9 Å². The minimum absolute atomic E-state index is 0. The van der Waals surface area contributed by atoms with Crippen molar-refractivity contribution in [3.8, 4) is 0 Å². The predicted molar refractivity (Wildman–Crippen MR) is 197 cm³/mol. The third kappa shape index (κ3) is 9.05. The van der Waals surface area contributed by atoms with Gasteiger partial charge in [-0.3, -0.25) is 14.7 Å². The summed E-state index contributed by atoms with van der Waals surface area (Å²) in [4.78, 5) is 26.0. The minimum Gasteiger partial charge on any atom is -0.395 e. The zero-order valence-corrected chi connectivity index (χ0v) is 28.6. The molecule has 3 aromatic carbocycles. The number of hydrogen-bond acceptors (Lipinski definition) is 6. The summed E-state index contributed by atoms with van der Waals surface area (Å²) in [5.74, 6) is 0.638. The number of hydrogen-bond donors (Lipinski definition) is 1. The molecule has 1 amide bonds. The average Bonchev–Trinajstić information content (AvgIpc) is 3.70. The first-order chi connectivity index (χ1) is 22.2. The van der Waals surface area contributed by atoms with Crippen LogP contribution in [0.1, 0.15) is 57.0 Å². The first-order valence-electron chi connectivity index (χ1n) is 15.3. The lowest BCUT2D eigenvalue weighted by Crippen LogP contribution is -2.24. The van der Waals surface area contributed by atoms with Crippen molar-refractivity contribution in [1.29, 1.82) is 0 Å². The number of amides is 1. The van der Waals surface area contributed by atoms with Crippen LogP contribution in [0.5, 0.6) is 0 Å². The molecule has 0 bridgehead atoms. The number of anilines is 1. The highest BCUT2D eigenvalue weighted by Gasteiger charge is 2.28. The van der Waals surface area contributed by atoms with Gasteiger partial charge in [0, 0.05) is 65.5 Å². The Morgan fingerprint density at radius 1 is 0.979 bits per heavy atom. The van der Waals surface area contributed by atoms with E-state index in [0.717, 1.165) is 59.9 Å². The van der Waals surface area contributed by atoms with Crippen molar-refractivity contribution in [3.05, 3.63) is 155 Å². The van der Waals surface area contributed by atoms with Crippen LogP contribution in [0.4, 0.5) is 5.69 Å². The zero-order valence-electron chi connectivity index (χ0n) is 26.2. The topological polar surface area (TPSA) is 71.8 Å². The summed E-state index contributed by atoms with van der Waals surface area (Å²) >= 11 is 1.80. The molecule has 0 fully saturated rings. The van der Waals surface area contributed by atoms with E-state index in [-0.39, 0.29) is 36.1 Å². The summed E-state index contributed by atoms with van der Waals surface area (Å²) < 4.78 is 2.17. The Balaban J connectivity index is 0.00000250. The van der Waals surface area contributed by atoms with Gasteiger partial charge in [-0.05, 0) is 42.8 Å². The summed E-state index contributed by atoms with van der Waals surface area (Å²) in [6, 6.07) is 34.3. The molecule has 47 heavy (non-hydrogen) atoms. The molecule has 7 nitrogen and oxygen atoms in total.